The quantitative estimate of drug-likeness (QED) is 0.415. The molecule has 0 bridgehead atoms. The molecule has 2 heterocycles. The van der Waals surface area contributed by atoms with Gasteiger partial charge in [-0.05, 0) is 24.4 Å². The number of nitro groups is 1. The number of hydrogen-bond donors (Lipinski definition) is 2. The van der Waals surface area contributed by atoms with Crippen LogP contribution in [0.15, 0.2) is 52.9 Å². The van der Waals surface area contributed by atoms with Crippen LogP contribution in [0.1, 0.15) is 23.0 Å². The van der Waals surface area contributed by atoms with Crippen LogP contribution in [0.25, 0.3) is 10.6 Å². The molecule has 0 aliphatic heterocycles. The summed E-state index contributed by atoms with van der Waals surface area (Å²) >= 11 is 1.53. The summed E-state index contributed by atoms with van der Waals surface area (Å²) in [4.78, 5) is 23.4. The van der Waals surface area contributed by atoms with E-state index in [4.69, 9.17) is 0 Å². The Bertz CT molecular complexity index is 946. The number of amides is 1. The number of nitrogens with one attached hydrogen (secondary N) is 2. The third-order valence-electron chi connectivity index (χ3n) is 3.40. The standard InChI is InChI=1S/C16H13N5O3S/c1-10(11-4-2-5-12(8-11)21(23)24)17-20-16(22)14-9-13(18-19-14)15-6-3-7-25-15/h2-9H,1H3,(H,18,19)(H,20,22)/b17-10+. The summed E-state index contributed by atoms with van der Waals surface area (Å²) < 4.78 is 0. The number of nitrogens with zero attached hydrogens (tertiary/aromatic N) is 3. The Morgan fingerprint density at radius 1 is 1.32 bits per heavy atom. The molecule has 126 valence electrons. The van der Waals surface area contributed by atoms with Crippen molar-refractivity contribution >= 4 is 28.6 Å². The Labute approximate surface area is 146 Å². The number of carbonyl (C=O) groups is 1. The van der Waals surface area contributed by atoms with E-state index < -0.39 is 10.8 Å². The van der Waals surface area contributed by atoms with Crippen LogP contribution in [-0.4, -0.2) is 26.7 Å². The third-order valence-corrected chi connectivity index (χ3v) is 4.30. The molecule has 0 aliphatic carbocycles. The van der Waals surface area contributed by atoms with Gasteiger partial charge in [0.2, 0.25) is 0 Å². The monoisotopic (exact) mass is 355 g/mol. The van der Waals surface area contributed by atoms with Gasteiger partial charge in [0.05, 0.1) is 21.2 Å². The summed E-state index contributed by atoms with van der Waals surface area (Å²) in [5, 5.41) is 23.5. The maximum atomic E-state index is 12.1. The average molecular weight is 355 g/mol. The van der Waals surface area contributed by atoms with Gasteiger partial charge >= 0.3 is 0 Å². The van der Waals surface area contributed by atoms with Crippen molar-refractivity contribution in [2.24, 2.45) is 5.10 Å². The molecular formula is C16H13N5O3S. The van der Waals surface area contributed by atoms with E-state index in [1.807, 2.05) is 17.5 Å². The summed E-state index contributed by atoms with van der Waals surface area (Å²) in [5.74, 6) is -0.469. The van der Waals surface area contributed by atoms with Crippen LogP contribution in [0.5, 0.6) is 0 Å². The zero-order chi connectivity index (χ0) is 17.8. The highest BCUT2D eigenvalue weighted by Gasteiger charge is 2.12. The minimum atomic E-state index is -0.481. The second-order valence-electron chi connectivity index (χ2n) is 5.09. The molecule has 0 fully saturated rings. The van der Waals surface area contributed by atoms with Crippen molar-refractivity contribution in [3.05, 3.63) is 69.2 Å². The van der Waals surface area contributed by atoms with E-state index in [1.54, 1.807) is 25.1 Å². The third kappa shape index (κ3) is 3.78. The lowest BCUT2D eigenvalue weighted by atomic mass is 10.1. The SMILES string of the molecule is C/C(=N\NC(=O)c1cc(-c2cccs2)[nH]n1)c1cccc([N+](=O)[O-])c1. The fourth-order valence-corrected chi connectivity index (χ4v) is 2.79. The summed E-state index contributed by atoms with van der Waals surface area (Å²) in [7, 11) is 0. The first kappa shape index (κ1) is 16.5. The molecule has 1 amide bonds. The number of benzene rings is 1. The lowest BCUT2D eigenvalue weighted by Gasteiger charge is -2.01. The van der Waals surface area contributed by atoms with Gasteiger partial charge in [-0.3, -0.25) is 20.0 Å². The second kappa shape index (κ2) is 7.05. The molecule has 3 rings (SSSR count). The maximum Gasteiger partial charge on any atom is 0.291 e. The number of aromatic nitrogens is 2. The number of carbonyl (C=O) groups excluding carboxylic acids is 1. The summed E-state index contributed by atoms with van der Waals surface area (Å²) in [6.45, 7) is 1.65. The molecule has 9 heteroatoms. The van der Waals surface area contributed by atoms with Crippen LogP contribution in [0.4, 0.5) is 5.69 Å². The maximum absolute atomic E-state index is 12.1. The van der Waals surface area contributed by atoms with Crippen molar-refractivity contribution in [2.45, 2.75) is 6.92 Å². The highest BCUT2D eigenvalue weighted by Crippen LogP contribution is 2.22. The van der Waals surface area contributed by atoms with E-state index in [9.17, 15) is 14.9 Å². The average Bonchev–Trinajstić information content (AvgIpc) is 3.30. The van der Waals surface area contributed by atoms with Gasteiger partial charge in [0, 0.05) is 17.7 Å². The molecule has 0 saturated heterocycles. The fourth-order valence-electron chi connectivity index (χ4n) is 2.10. The zero-order valence-corrected chi connectivity index (χ0v) is 13.9. The van der Waals surface area contributed by atoms with Crippen molar-refractivity contribution < 1.29 is 9.72 Å². The summed E-state index contributed by atoms with van der Waals surface area (Å²) in [6.07, 6.45) is 0. The first-order valence-corrected chi connectivity index (χ1v) is 8.11. The van der Waals surface area contributed by atoms with E-state index in [-0.39, 0.29) is 11.4 Å². The van der Waals surface area contributed by atoms with Crippen LogP contribution >= 0.6 is 11.3 Å². The number of hydrogen-bond acceptors (Lipinski definition) is 6. The minimum Gasteiger partial charge on any atom is -0.276 e. The number of non-ortho nitro benzene ring substituents is 1. The second-order valence-corrected chi connectivity index (χ2v) is 6.04. The smallest absolute Gasteiger partial charge is 0.276 e. The molecule has 0 spiro atoms. The largest absolute Gasteiger partial charge is 0.291 e. The van der Waals surface area contributed by atoms with E-state index in [0.29, 0.717) is 11.3 Å². The Morgan fingerprint density at radius 2 is 2.16 bits per heavy atom. The number of H-pyrrole nitrogens is 1. The number of aromatic amines is 1. The molecule has 25 heavy (non-hydrogen) atoms. The molecule has 0 unspecified atom stereocenters. The first-order chi connectivity index (χ1) is 12.0. The molecule has 8 nitrogen and oxygen atoms in total. The number of rotatable bonds is 5. The predicted molar refractivity (Wildman–Crippen MR) is 94.7 cm³/mol. The van der Waals surface area contributed by atoms with Crippen LogP contribution in [0.3, 0.4) is 0 Å². The Balaban J connectivity index is 1.72. The van der Waals surface area contributed by atoms with Crippen molar-refractivity contribution in [1.82, 2.24) is 15.6 Å². The molecule has 0 atom stereocenters. The summed E-state index contributed by atoms with van der Waals surface area (Å²) in [5.41, 5.74) is 4.33. The Hall–Kier alpha value is -3.33. The predicted octanol–water partition coefficient (Wildman–Crippen LogP) is 3.20. The van der Waals surface area contributed by atoms with Gasteiger partial charge in [0.25, 0.3) is 11.6 Å². The molecule has 3 aromatic rings. The van der Waals surface area contributed by atoms with Gasteiger partial charge in [0.1, 0.15) is 0 Å². The van der Waals surface area contributed by atoms with E-state index >= 15 is 0 Å². The molecule has 1 aromatic carbocycles. The van der Waals surface area contributed by atoms with Crippen LogP contribution < -0.4 is 5.43 Å². The van der Waals surface area contributed by atoms with Gasteiger partial charge in [-0.1, -0.05) is 18.2 Å². The first-order valence-electron chi connectivity index (χ1n) is 7.23. The number of hydrazone groups is 1. The lowest BCUT2D eigenvalue weighted by Crippen LogP contribution is -2.19. The van der Waals surface area contributed by atoms with E-state index in [2.05, 4.69) is 20.7 Å². The zero-order valence-electron chi connectivity index (χ0n) is 13.1. The lowest BCUT2D eigenvalue weighted by molar-refractivity contribution is -0.384. The molecule has 2 N–H and O–H groups in total. The van der Waals surface area contributed by atoms with Crippen molar-refractivity contribution in [3.8, 4) is 10.6 Å². The Morgan fingerprint density at radius 3 is 2.88 bits per heavy atom. The molecule has 2 aromatic heterocycles. The van der Waals surface area contributed by atoms with Crippen LogP contribution in [0, 0.1) is 10.1 Å². The molecule has 0 radical (unpaired) electrons. The molecular weight excluding hydrogens is 342 g/mol. The van der Waals surface area contributed by atoms with Crippen molar-refractivity contribution in [3.63, 3.8) is 0 Å². The minimum absolute atomic E-state index is 0.0359. The topological polar surface area (TPSA) is 113 Å². The van der Waals surface area contributed by atoms with Crippen LogP contribution in [-0.2, 0) is 0 Å². The number of nitro benzene ring substituents is 1. The van der Waals surface area contributed by atoms with Crippen molar-refractivity contribution in [2.75, 3.05) is 0 Å². The van der Waals surface area contributed by atoms with E-state index in [0.717, 1.165) is 10.6 Å². The van der Waals surface area contributed by atoms with Gasteiger partial charge < -0.3 is 0 Å². The summed E-state index contributed by atoms with van der Waals surface area (Å²) in [6, 6.07) is 11.5. The fraction of sp³-hybridized carbons (Fsp3) is 0.0625. The van der Waals surface area contributed by atoms with Crippen LogP contribution in [0.2, 0.25) is 0 Å². The van der Waals surface area contributed by atoms with Gasteiger partial charge in [-0.25, -0.2) is 5.43 Å². The Kier molecular flexibility index (Phi) is 4.66. The van der Waals surface area contributed by atoms with Crippen molar-refractivity contribution in [1.29, 1.82) is 0 Å². The van der Waals surface area contributed by atoms with Gasteiger partial charge in [-0.2, -0.15) is 10.2 Å². The normalized spacial score (nSPS) is 11.3. The highest BCUT2D eigenvalue weighted by atomic mass is 32.1. The highest BCUT2D eigenvalue weighted by molar-refractivity contribution is 7.13. The van der Waals surface area contributed by atoms with Gasteiger partial charge in [0.15, 0.2) is 5.69 Å². The van der Waals surface area contributed by atoms with Gasteiger partial charge in [-0.15, -0.1) is 11.3 Å². The molecule has 0 aliphatic rings. The molecule has 0 saturated carbocycles. The van der Waals surface area contributed by atoms with E-state index in [1.165, 1.54) is 23.5 Å². The number of thiophene rings is 1.